The predicted octanol–water partition coefficient (Wildman–Crippen LogP) is 3.10. The Morgan fingerprint density at radius 2 is 2.06 bits per heavy atom. The number of carbonyl (C=O) groups excluding carboxylic acids is 1. The van der Waals surface area contributed by atoms with E-state index in [1.807, 2.05) is 36.4 Å². The van der Waals surface area contributed by atoms with Gasteiger partial charge in [-0.2, -0.15) is 0 Å². The number of ether oxygens (including phenoxy) is 1. The van der Waals surface area contributed by atoms with Crippen LogP contribution in [0.2, 0.25) is 0 Å². The molecule has 18 heavy (non-hydrogen) atoms. The molecule has 0 aliphatic rings. The summed E-state index contributed by atoms with van der Waals surface area (Å²) >= 11 is 3.53. The summed E-state index contributed by atoms with van der Waals surface area (Å²) in [5.41, 5.74) is 5.20. The van der Waals surface area contributed by atoms with Crippen LogP contribution in [0, 0.1) is 5.92 Å². The van der Waals surface area contributed by atoms with Crippen LogP contribution in [0.3, 0.4) is 0 Å². The van der Waals surface area contributed by atoms with E-state index in [0.29, 0.717) is 0 Å². The molecule has 94 valence electrons. The van der Waals surface area contributed by atoms with Crippen molar-refractivity contribution >= 4 is 32.6 Å². The fourth-order valence-corrected chi connectivity index (χ4v) is 2.23. The Morgan fingerprint density at radius 3 is 2.78 bits per heavy atom. The zero-order chi connectivity index (χ0) is 13.1. The lowest BCUT2D eigenvalue weighted by atomic mass is 10.1. The molecule has 2 aromatic carbocycles. The molecule has 1 unspecified atom stereocenters. The fourth-order valence-electron chi connectivity index (χ4n) is 1.62. The molecule has 0 aliphatic heterocycles. The summed E-state index contributed by atoms with van der Waals surface area (Å²) in [4.78, 5) is 10.9. The molecule has 3 nitrogen and oxygen atoms in total. The van der Waals surface area contributed by atoms with E-state index in [1.165, 1.54) is 0 Å². The number of hydrogen-bond donors (Lipinski definition) is 1. The molecule has 1 atom stereocenters. The third-order valence-electron chi connectivity index (χ3n) is 2.80. The first kappa shape index (κ1) is 12.9. The molecule has 2 aromatic rings. The van der Waals surface area contributed by atoms with Crippen LogP contribution < -0.4 is 10.5 Å². The predicted molar refractivity (Wildman–Crippen MR) is 75.5 cm³/mol. The largest absolute Gasteiger partial charge is 0.492 e. The number of nitrogens with two attached hydrogens (primary N) is 1. The molecule has 0 fully saturated rings. The van der Waals surface area contributed by atoms with Crippen LogP contribution in [0.4, 0.5) is 0 Å². The standard InChI is InChI=1S/C14H14BrNO2/c1-9(14(16)17)8-18-12-7-6-10-4-2-3-5-11(10)13(12)15/h2-7,9H,8H2,1H3,(H2,16,17). The van der Waals surface area contributed by atoms with Gasteiger partial charge in [0.2, 0.25) is 5.91 Å². The normalized spacial score (nSPS) is 12.3. The minimum Gasteiger partial charge on any atom is -0.492 e. The van der Waals surface area contributed by atoms with Crippen molar-refractivity contribution in [2.75, 3.05) is 6.61 Å². The first-order chi connectivity index (χ1) is 8.59. The van der Waals surface area contributed by atoms with Crippen molar-refractivity contribution in [3.63, 3.8) is 0 Å². The maximum absolute atomic E-state index is 10.9. The number of halogens is 1. The van der Waals surface area contributed by atoms with Gasteiger partial charge in [0.1, 0.15) is 5.75 Å². The quantitative estimate of drug-likeness (QED) is 0.943. The molecule has 0 aliphatic carbocycles. The van der Waals surface area contributed by atoms with Gasteiger partial charge >= 0.3 is 0 Å². The Hall–Kier alpha value is -1.55. The van der Waals surface area contributed by atoms with Gasteiger partial charge in [0, 0.05) is 0 Å². The van der Waals surface area contributed by atoms with Gasteiger partial charge in [-0.15, -0.1) is 0 Å². The van der Waals surface area contributed by atoms with Crippen LogP contribution in [-0.4, -0.2) is 12.5 Å². The Labute approximate surface area is 114 Å². The molecule has 2 rings (SSSR count). The molecule has 0 saturated carbocycles. The summed E-state index contributed by atoms with van der Waals surface area (Å²) in [7, 11) is 0. The van der Waals surface area contributed by atoms with Crippen LogP contribution in [0.1, 0.15) is 6.92 Å². The van der Waals surface area contributed by atoms with Crippen LogP contribution in [-0.2, 0) is 4.79 Å². The summed E-state index contributed by atoms with van der Waals surface area (Å²) in [5, 5.41) is 2.22. The van der Waals surface area contributed by atoms with Crippen LogP contribution in [0.25, 0.3) is 10.8 Å². The number of hydrogen-bond acceptors (Lipinski definition) is 2. The van der Waals surface area contributed by atoms with Crippen molar-refractivity contribution in [3.8, 4) is 5.75 Å². The van der Waals surface area contributed by atoms with Gasteiger partial charge in [-0.25, -0.2) is 0 Å². The molecular formula is C14H14BrNO2. The Kier molecular flexibility index (Phi) is 3.87. The monoisotopic (exact) mass is 307 g/mol. The second-order valence-electron chi connectivity index (χ2n) is 4.21. The first-order valence-corrected chi connectivity index (χ1v) is 6.48. The van der Waals surface area contributed by atoms with E-state index in [9.17, 15) is 4.79 Å². The second-order valence-corrected chi connectivity index (χ2v) is 5.01. The second kappa shape index (κ2) is 5.40. The van der Waals surface area contributed by atoms with E-state index in [1.54, 1.807) is 6.92 Å². The number of amides is 1. The Balaban J connectivity index is 2.24. The number of fused-ring (bicyclic) bond motifs is 1. The summed E-state index contributed by atoms with van der Waals surface area (Å²) in [6.45, 7) is 2.03. The maximum Gasteiger partial charge on any atom is 0.223 e. The summed E-state index contributed by atoms with van der Waals surface area (Å²) < 4.78 is 6.52. The minimum absolute atomic E-state index is 0.284. The molecule has 0 radical (unpaired) electrons. The van der Waals surface area contributed by atoms with Crippen molar-refractivity contribution in [1.82, 2.24) is 0 Å². The highest BCUT2D eigenvalue weighted by Crippen LogP contribution is 2.33. The number of primary amides is 1. The zero-order valence-corrected chi connectivity index (χ0v) is 11.6. The Bertz CT molecular complexity index is 583. The van der Waals surface area contributed by atoms with Crippen molar-refractivity contribution in [3.05, 3.63) is 40.9 Å². The van der Waals surface area contributed by atoms with Crippen molar-refractivity contribution in [1.29, 1.82) is 0 Å². The van der Waals surface area contributed by atoms with E-state index in [2.05, 4.69) is 15.9 Å². The summed E-state index contributed by atoms with van der Waals surface area (Å²) in [6, 6.07) is 11.9. The highest BCUT2D eigenvalue weighted by molar-refractivity contribution is 9.10. The molecule has 4 heteroatoms. The van der Waals surface area contributed by atoms with Crippen LogP contribution in [0.15, 0.2) is 40.9 Å². The minimum atomic E-state index is -0.355. The molecule has 0 aromatic heterocycles. The third-order valence-corrected chi connectivity index (χ3v) is 3.62. The lowest BCUT2D eigenvalue weighted by molar-refractivity contribution is -0.122. The van der Waals surface area contributed by atoms with Gasteiger partial charge in [-0.3, -0.25) is 4.79 Å². The Morgan fingerprint density at radius 1 is 1.33 bits per heavy atom. The van der Waals surface area contributed by atoms with E-state index < -0.39 is 0 Å². The smallest absolute Gasteiger partial charge is 0.223 e. The van der Waals surface area contributed by atoms with Gasteiger partial charge in [0.15, 0.2) is 0 Å². The molecule has 1 amide bonds. The van der Waals surface area contributed by atoms with Crippen molar-refractivity contribution in [2.45, 2.75) is 6.92 Å². The van der Waals surface area contributed by atoms with Crippen molar-refractivity contribution < 1.29 is 9.53 Å². The zero-order valence-electron chi connectivity index (χ0n) is 10.0. The average Bonchev–Trinajstić information content (AvgIpc) is 2.38. The lowest BCUT2D eigenvalue weighted by Gasteiger charge is -2.12. The number of rotatable bonds is 4. The topological polar surface area (TPSA) is 52.3 Å². The lowest BCUT2D eigenvalue weighted by Crippen LogP contribution is -2.25. The van der Waals surface area contributed by atoms with Gasteiger partial charge < -0.3 is 10.5 Å². The number of benzene rings is 2. The van der Waals surface area contributed by atoms with Gasteiger partial charge in [-0.1, -0.05) is 37.3 Å². The maximum atomic E-state index is 10.9. The summed E-state index contributed by atoms with van der Waals surface area (Å²) in [5.74, 6) is 0.0667. The van der Waals surface area contributed by atoms with Gasteiger partial charge in [0.25, 0.3) is 0 Å². The highest BCUT2D eigenvalue weighted by Gasteiger charge is 2.11. The van der Waals surface area contributed by atoms with Crippen LogP contribution in [0.5, 0.6) is 5.75 Å². The third kappa shape index (κ3) is 2.64. The van der Waals surface area contributed by atoms with E-state index in [0.717, 1.165) is 21.0 Å². The van der Waals surface area contributed by atoms with Crippen molar-refractivity contribution in [2.24, 2.45) is 11.7 Å². The van der Waals surface area contributed by atoms with E-state index >= 15 is 0 Å². The molecule has 0 saturated heterocycles. The molecule has 0 bridgehead atoms. The number of carbonyl (C=O) groups is 1. The highest BCUT2D eigenvalue weighted by atomic mass is 79.9. The van der Waals surface area contributed by atoms with Gasteiger partial charge in [-0.05, 0) is 32.8 Å². The van der Waals surface area contributed by atoms with E-state index in [4.69, 9.17) is 10.5 Å². The molecular weight excluding hydrogens is 294 g/mol. The molecule has 0 heterocycles. The van der Waals surface area contributed by atoms with Crippen LogP contribution >= 0.6 is 15.9 Å². The van der Waals surface area contributed by atoms with Gasteiger partial charge in [0.05, 0.1) is 17.0 Å². The summed E-state index contributed by atoms with van der Waals surface area (Å²) in [6.07, 6.45) is 0. The first-order valence-electron chi connectivity index (χ1n) is 5.69. The molecule has 0 spiro atoms. The molecule has 2 N–H and O–H groups in total. The average molecular weight is 308 g/mol. The van der Waals surface area contributed by atoms with E-state index in [-0.39, 0.29) is 18.4 Å². The SMILES string of the molecule is CC(COc1ccc2ccccc2c1Br)C(N)=O. The fraction of sp³-hybridized carbons (Fsp3) is 0.214.